The summed E-state index contributed by atoms with van der Waals surface area (Å²) in [6, 6.07) is 0. The number of rotatable bonds is 2. The van der Waals surface area contributed by atoms with E-state index in [9.17, 15) is 9.90 Å². The molecule has 152 valence electrons. The van der Waals surface area contributed by atoms with Gasteiger partial charge in [0.15, 0.2) is 0 Å². The molecule has 0 aromatic rings. The van der Waals surface area contributed by atoms with Crippen LogP contribution in [-0.4, -0.2) is 47.2 Å². The molecule has 0 spiro atoms. The average Bonchev–Trinajstić information content (AvgIpc) is 3.33. The Hall–Kier alpha value is -1.17. The van der Waals surface area contributed by atoms with E-state index in [-0.39, 0.29) is 23.8 Å². The standard InChI is InChI=1S/C22H34O5/c1-14-6-8-18(24)15(2)7-9-20(26-16(3)23)21(4)11-10-17(19(12-14)27-21)22(5)13-25-22/h12,17-20,24H,2,6-11,13H2,1,3-5H3/t17-,18+,19-,20-,21-,22+/m0/s1. The van der Waals surface area contributed by atoms with Crippen LogP contribution in [0.2, 0.25) is 0 Å². The van der Waals surface area contributed by atoms with Crippen LogP contribution in [0.3, 0.4) is 0 Å². The summed E-state index contributed by atoms with van der Waals surface area (Å²) < 4.78 is 18.1. The Balaban J connectivity index is 1.92. The van der Waals surface area contributed by atoms with Crippen LogP contribution in [0.4, 0.5) is 0 Å². The average molecular weight is 379 g/mol. The molecule has 1 N–H and O–H groups in total. The number of aliphatic hydroxyl groups is 1. The number of carbonyl (C=O) groups excluding carboxylic acids is 1. The van der Waals surface area contributed by atoms with Gasteiger partial charge in [0.25, 0.3) is 0 Å². The molecule has 2 fully saturated rings. The number of carbonyl (C=O) groups is 1. The third kappa shape index (κ3) is 4.64. The zero-order valence-corrected chi connectivity index (χ0v) is 17.1. The summed E-state index contributed by atoms with van der Waals surface area (Å²) in [5.41, 5.74) is 1.33. The van der Waals surface area contributed by atoms with E-state index in [4.69, 9.17) is 14.2 Å². The van der Waals surface area contributed by atoms with Gasteiger partial charge in [-0.2, -0.15) is 0 Å². The second-order valence-corrected chi connectivity index (χ2v) is 9.00. The second kappa shape index (κ2) is 7.69. The number of hydrogen-bond donors (Lipinski definition) is 1. The highest BCUT2D eigenvalue weighted by Gasteiger charge is 2.55. The highest BCUT2D eigenvalue weighted by Crippen LogP contribution is 2.48. The topological polar surface area (TPSA) is 68.3 Å². The lowest BCUT2D eigenvalue weighted by Crippen LogP contribution is -2.53. The lowest BCUT2D eigenvalue weighted by Gasteiger charge is -2.47. The summed E-state index contributed by atoms with van der Waals surface area (Å²) in [5.74, 6) is -0.00713. The second-order valence-electron chi connectivity index (χ2n) is 9.00. The zero-order valence-electron chi connectivity index (χ0n) is 17.1. The van der Waals surface area contributed by atoms with Crippen molar-refractivity contribution in [3.05, 3.63) is 23.8 Å². The quantitative estimate of drug-likeness (QED) is 0.451. The molecule has 27 heavy (non-hydrogen) atoms. The lowest BCUT2D eigenvalue weighted by molar-refractivity contribution is -0.202. The van der Waals surface area contributed by atoms with Crippen molar-refractivity contribution in [1.29, 1.82) is 0 Å². The molecular weight excluding hydrogens is 344 g/mol. The predicted octanol–water partition coefficient (Wildman–Crippen LogP) is 3.70. The van der Waals surface area contributed by atoms with Crippen LogP contribution in [0.5, 0.6) is 0 Å². The van der Waals surface area contributed by atoms with Crippen molar-refractivity contribution in [2.24, 2.45) is 5.92 Å². The van der Waals surface area contributed by atoms with Gasteiger partial charge in [-0.15, -0.1) is 0 Å². The minimum absolute atomic E-state index is 0.0749. The van der Waals surface area contributed by atoms with Gasteiger partial charge in [0.2, 0.25) is 0 Å². The molecular formula is C22H34O5. The van der Waals surface area contributed by atoms with Crippen molar-refractivity contribution in [1.82, 2.24) is 0 Å². The van der Waals surface area contributed by atoms with Gasteiger partial charge < -0.3 is 19.3 Å². The maximum absolute atomic E-state index is 11.7. The van der Waals surface area contributed by atoms with E-state index in [1.54, 1.807) is 0 Å². The van der Waals surface area contributed by atoms with Crippen molar-refractivity contribution in [2.75, 3.05) is 6.61 Å². The number of epoxide rings is 1. The molecule has 2 bridgehead atoms. The van der Waals surface area contributed by atoms with E-state index in [0.29, 0.717) is 25.2 Å². The van der Waals surface area contributed by atoms with Gasteiger partial charge in [0.05, 0.1) is 24.4 Å². The molecule has 0 saturated carbocycles. The van der Waals surface area contributed by atoms with Crippen LogP contribution in [0.1, 0.15) is 66.2 Å². The van der Waals surface area contributed by atoms with Crippen LogP contribution < -0.4 is 0 Å². The van der Waals surface area contributed by atoms with Gasteiger partial charge in [0, 0.05) is 12.8 Å². The molecule has 3 heterocycles. The number of hydrogen-bond acceptors (Lipinski definition) is 5. The molecule has 2 saturated heterocycles. The zero-order chi connectivity index (χ0) is 19.8. The van der Waals surface area contributed by atoms with Crippen LogP contribution in [0, 0.1) is 5.92 Å². The first kappa shape index (κ1) is 20.6. The summed E-state index contributed by atoms with van der Waals surface area (Å²) in [4.78, 5) is 11.7. The summed E-state index contributed by atoms with van der Waals surface area (Å²) >= 11 is 0. The fourth-order valence-corrected chi connectivity index (χ4v) is 4.53. The normalized spacial score (nSPS) is 43.1. The van der Waals surface area contributed by atoms with Crippen LogP contribution in [-0.2, 0) is 19.0 Å². The molecule has 5 heteroatoms. The molecule has 0 radical (unpaired) electrons. The van der Waals surface area contributed by atoms with Crippen molar-refractivity contribution in [3.63, 3.8) is 0 Å². The van der Waals surface area contributed by atoms with Gasteiger partial charge in [0.1, 0.15) is 11.7 Å². The molecule has 0 unspecified atom stereocenters. The monoisotopic (exact) mass is 378 g/mol. The Labute approximate surface area is 162 Å². The Morgan fingerprint density at radius 2 is 1.96 bits per heavy atom. The van der Waals surface area contributed by atoms with E-state index >= 15 is 0 Å². The number of ether oxygens (including phenoxy) is 3. The van der Waals surface area contributed by atoms with E-state index in [1.165, 1.54) is 12.5 Å². The fourth-order valence-electron chi connectivity index (χ4n) is 4.53. The predicted molar refractivity (Wildman–Crippen MR) is 103 cm³/mol. The van der Waals surface area contributed by atoms with Crippen molar-refractivity contribution in [3.8, 4) is 0 Å². The summed E-state index contributed by atoms with van der Waals surface area (Å²) in [7, 11) is 0. The minimum Gasteiger partial charge on any atom is -0.459 e. The molecule has 0 aromatic carbocycles. The van der Waals surface area contributed by atoms with Crippen LogP contribution >= 0.6 is 0 Å². The third-order valence-corrected chi connectivity index (χ3v) is 6.59. The summed E-state index contributed by atoms with van der Waals surface area (Å²) in [5, 5.41) is 10.4. The van der Waals surface area contributed by atoms with E-state index < -0.39 is 11.7 Å². The van der Waals surface area contributed by atoms with Gasteiger partial charge in [-0.25, -0.2) is 0 Å². The van der Waals surface area contributed by atoms with Gasteiger partial charge in [-0.1, -0.05) is 18.2 Å². The van der Waals surface area contributed by atoms with Gasteiger partial charge in [-0.3, -0.25) is 4.79 Å². The number of allylic oxidation sites excluding steroid dienone is 1. The highest BCUT2D eigenvalue weighted by molar-refractivity contribution is 5.66. The first-order chi connectivity index (χ1) is 12.6. The van der Waals surface area contributed by atoms with E-state index in [0.717, 1.165) is 31.4 Å². The van der Waals surface area contributed by atoms with Crippen LogP contribution in [0.25, 0.3) is 0 Å². The maximum atomic E-state index is 11.7. The Morgan fingerprint density at radius 3 is 2.59 bits per heavy atom. The molecule has 6 atom stereocenters. The first-order valence-corrected chi connectivity index (χ1v) is 10.1. The number of fused-ring (bicyclic) bond motifs is 2. The van der Waals surface area contributed by atoms with Crippen LogP contribution in [0.15, 0.2) is 23.8 Å². The maximum Gasteiger partial charge on any atom is 0.303 e. The number of esters is 1. The molecule has 0 aromatic heterocycles. The van der Waals surface area contributed by atoms with Gasteiger partial charge in [-0.05, 0) is 64.9 Å². The summed E-state index contributed by atoms with van der Waals surface area (Å²) in [6.45, 7) is 12.6. The van der Waals surface area contributed by atoms with Crippen molar-refractivity contribution < 1.29 is 24.1 Å². The number of aliphatic hydroxyl groups excluding tert-OH is 1. The Kier molecular flexibility index (Phi) is 5.85. The Bertz CT molecular complexity index is 620. The van der Waals surface area contributed by atoms with Crippen molar-refractivity contribution >= 4 is 5.97 Å². The summed E-state index contributed by atoms with van der Waals surface area (Å²) in [6.07, 6.45) is 5.72. The largest absolute Gasteiger partial charge is 0.459 e. The first-order valence-electron chi connectivity index (χ1n) is 10.1. The SMILES string of the molecule is C=C1CC[C@H](OC(C)=O)[C@]2(C)CC[C@H]([C@@]3(C)CO3)[C@H](C=C(C)CC[C@H]1O)O2. The molecule has 3 rings (SSSR count). The minimum atomic E-state index is -0.556. The molecule has 0 aliphatic carbocycles. The third-order valence-electron chi connectivity index (χ3n) is 6.59. The Morgan fingerprint density at radius 1 is 1.26 bits per heavy atom. The molecule has 3 aliphatic heterocycles. The van der Waals surface area contributed by atoms with Gasteiger partial charge >= 0.3 is 5.97 Å². The smallest absolute Gasteiger partial charge is 0.303 e. The molecule has 3 aliphatic rings. The molecule has 5 nitrogen and oxygen atoms in total. The van der Waals surface area contributed by atoms with E-state index in [1.807, 2.05) is 6.92 Å². The lowest BCUT2D eigenvalue weighted by atomic mass is 9.75. The highest BCUT2D eigenvalue weighted by atomic mass is 16.6. The van der Waals surface area contributed by atoms with Crippen molar-refractivity contribution in [2.45, 2.75) is 95.7 Å². The van der Waals surface area contributed by atoms with E-state index in [2.05, 4.69) is 26.5 Å². The fraction of sp³-hybridized carbons (Fsp3) is 0.773. The molecule has 0 amide bonds.